The fourth-order valence-corrected chi connectivity index (χ4v) is 6.94. The lowest BCUT2D eigenvalue weighted by Gasteiger charge is -2.23. The molecule has 2 aromatic carbocycles. The summed E-state index contributed by atoms with van der Waals surface area (Å²) in [6, 6.07) is 16.6. The van der Waals surface area contributed by atoms with Gasteiger partial charge in [-0.05, 0) is 70.1 Å². The van der Waals surface area contributed by atoms with Crippen molar-refractivity contribution in [3.8, 4) is 0 Å². The molecule has 1 saturated heterocycles. The minimum absolute atomic E-state index is 0.0973. The molecule has 1 N–H and O–H groups in total. The van der Waals surface area contributed by atoms with E-state index in [1.165, 1.54) is 16.1 Å². The van der Waals surface area contributed by atoms with Crippen molar-refractivity contribution in [1.82, 2.24) is 24.0 Å². The Morgan fingerprint density at radius 1 is 1.05 bits per heavy atom. The molecule has 3 aromatic rings. The molecule has 38 heavy (non-hydrogen) atoms. The lowest BCUT2D eigenvalue weighted by atomic mass is 10.2. The Balaban J connectivity index is 1.48. The van der Waals surface area contributed by atoms with Crippen LogP contribution in [0.15, 0.2) is 64.6 Å². The number of benzene rings is 2. The van der Waals surface area contributed by atoms with Crippen molar-refractivity contribution in [3.63, 3.8) is 0 Å². The Morgan fingerprint density at radius 3 is 2.32 bits per heavy atom. The third kappa shape index (κ3) is 6.45. The Bertz CT molecular complexity index is 1320. The van der Waals surface area contributed by atoms with Gasteiger partial charge in [0.05, 0.1) is 22.7 Å². The van der Waals surface area contributed by atoms with Crippen LogP contribution in [0, 0.1) is 0 Å². The minimum Gasteiger partial charge on any atom is -0.325 e. The lowest BCUT2D eigenvalue weighted by Crippen LogP contribution is -2.28. The monoisotopic (exact) mass is 556 g/mol. The van der Waals surface area contributed by atoms with Crippen molar-refractivity contribution >= 4 is 33.4 Å². The van der Waals surface area contributed by atoms with E-state index in [2.05, 4.69) is 44.0 Å². The molecule has 1 fully saturated rings. The number of carbonyl (C=O) groups is 1. The molecular formula is C27H36N6O3S2. The molecule has 1 aromatic heterocycles. The molecule has 2 heterocycles. The highest BCUT2D eigenvalue weighted by atomic mass is 32.2. The molecule has 1 amide bonds. The van der Waals surface area contributed by atoms with E-state index >= 15 is 0 Å². The third-order valence-electron chi connectivity index (χ3n) is 6.71. The molecule has 0 spiro atoms. The van der Waals surface area contributed by atoms with Crippen molar-refractivity contribution in [3.05, 3.63) is 66.0 Å². The number of sulfonamides is 1. The minimum atomic E-state index is -3.49. The summed E-state index contributed by atoms with van der Waals surface area (Å²) in [5.41, 5.74) is 1.68. The van der Waals surface area contributed by atoms with Gasteiger partial charge in [0.1, 0.15) is 0 Å². The number of anilines is 1. The van der Waals surface area contributed by atoms with E-state index in [9.17, 15) is 13.2 Å². The van der Waals surface area contributed by atoms with Crippen molar-refractivity contribution < 1.29 is 13.2 Å². The maximum Gasteiger partial charge on any atom is 0.243 e. The largest absolute Gasteiger partial charge is 0.325 e. The zero-order valence-electron chi connectivity index (χ0n) is 22.4. The predicted octanol–water partition coefficient (Wildman–Crippen LogP) is 4.24. The molecule has 0 aliphatic carbocycles. The normalized spacial score (nSPS) is 16.0. The van der Waals surface area contributed by atoms with E-state index in [1.807, 2.05) is 39.2 Å². The van der Waals surface area contributed by atoms with Crippen LogP contribution in [0.4, 0.5) is 5.69 Å². The fraction of sp³-hybridized carbons (Fsp3) is 0.444. The smallest absolute Gasteiger partial charge is 0.243 e. The lowest BCUT2D eigenvalue weighted by molar-refractivity contribution is -0.115. The summed E-state index contributed by atoms with van der Waals surface area (Å²) >= 11 is 1.36. The van der Waals surface area contributed by atoms with E-state index in [-0.39, 0.29) is 16.8 Å². The molecule has 204 valence electrons. The first-order valence-corrected chi connectivity index (χ1v) is 15.2. The van der Waals surface area contributed by atoms with Crippen LogP contribution in [0.5, 0.6) is 0 Å². The van der Waals surface area contributed by atoms with E-state index in [1.54, 1.807) is 24.3 Å². The first kappa shape index (κ1) is 28.3. The summed E-state index contributed by atoms with van der Waals surface area (Å²) in [6.45, 7) is 5.67. The second-order valence-corrected chi connectivity index (χ2v) is 12.9. The van der Waals surface area contributed by atoms with Gasteiger partial charge in [0.15, 0.2) is 11.0 Å². The van der Waals surface area contributed by atoms with Gasteiger partial charge in [0, 0.05) is 18.8 Å². The maximum absolute atomic E-state index is 13.1. The van der Waals surface area contributed by atoms with Gasteiger partial charge in [-0.3, -0.25) is 9.69 Å². The Labute approximate surface area is 229 Å². The molecule has 1 aliphatic heterocycles. The Hall–Kier alpha value is -2.73. The molecule has 0 saturated carbocycles. The predicted molar refractivity (Wildman–Crippen MR) is 151 cm³/mol. The fourth-order valence-electron chi connectivity index (χ4n) is 4.57. The molecule has 0 bridgehead atoms. The second-order valence-electron chi connectivity index (χ2n) is 9.69. The van der Waals surface area contributed by atoms with Crippen molar-refractivity contribution in [2.45, 2.75) is 61.0 Å². The number of carbonyl (C=O) groups excluding carboxylic acids is 1. The number of nitrogens with one attached hydrogen (secondary N) is 1. The molecule has 0 radical (unpaired) electrons. The quantitative estimate of drug-likeness (QED) is 0.353. The SMILES string of the molecule is CCC(c1nnc(SC(C)C(=O)Nc2ccc(S(=O)(=O)N3CCCC3)cc2)n1Cc1ccccc1)N(C)C. The first-order valence-electron chi connectivity index (χ1n) is 12.9. The standard InChI is InChI=1S/C27H36N6O3S2/c1-5-24(31(3)4)25-29-30-27(33(25)19-21-11-7-6-8-12-21)37-20(2)26(34)28-22-13-15-23(16-14-22)38(35,36)32-17-9-10-18-32/h6-8,11-16,20,24H,5,9-10,17-19H2,1-4H3,(H,28,34). The number of amides is 1. The van der Waals surface area contributed by atoms with Gasteiger partial charge in [0.2, 0.25) is 15.9 Å². The summed E-state index contributed by atoms with van der Waals surface area (Å²) in [7, 11) is 0.566. The van der Waals surface area contributed by atoms with Crippen molar-refractivity contribution in [1.29, 1.82) is 0 Å². The van der Waals surface area contributed by atoms with E-state index < -0.39 is 15.3 Å². The van der Waals surface area contributed by atoms with Crippen LogP contribution in [0.25, 0.3) is 0 Å². The van der Waals surface area contributed by atoms with E-state index in [0.29, 0.717) is 30.5 Å². The third-order valence-corrected chi connectivity index (χ3v) is 9.71. The Kier molecular flexibility index (Phi) is 9.24. The van der Waals surface area contributed by atoms with Gasteiger partial charge >= 0.3 is 0 Å². The molecule has 1 aliphatic rings. The molecule has 4 rings (SSSR count). The zero-order valence-corrected chi connectivity index (χ0v) is 24.0. The van der Waals surface area contributed by atoms with Gasteiger partial charge in [-0.2, -0.15) is 4.31 Å². The maximum atomic E-state index is 13.1. The van der Waals surface area contributed by atoms with Gasteiger partial charge in [0.25, 0.3) is 0 Å². The van der Waals surface area contributed by atoms with Crippen molar-refractivity contribution in [2.24, 2.45) is 0 Å². The topological polar surface area (TPSA) is 100 Å². The van der Waals surface area contributed by atoms with Gasteiger partial charge < -0.3 is 9.88 Å². The zero-order chi connectivity index (χ0) is 27.3. The summed E-state index contributed by atoms with van der Waals surface area (Å²) < 4.78 is 29.2. The number of thioether (sulfide) groups is 1. The van der Waals surface area contributed by atoms with Gasteiger partial charge in [-0.15, -0.1) is 10.2 Å². The summed E-state index contributed by atoms with van der Waals surface area (Å²) in [5.74, 6) is 0.673. The number of nitrogens with zero attached hydrogens (tertiary/aromatic N) is 5. The average Bonchev–Trinajstić information content (AvgIpc) is 3.57. The number of rotatable bonds is 11. The second kappa shape index (κ2) is 12.4. The molecule has 2 atom stereocenters. The number of aromatic nitrogens is 3. The van der Waals surface area contributed by atoms with Crippen LogP contribution in [-0.2, 0) is 21.4 Å². The summed E-state index contributed by atoms with van der Waals surface area (Å²) in [5, 5.41) is 12.1. The number of hydrogen-bond acceptors (Lipinski definition) is 7. The molecule has 9 nitrogen and oxygen atoms in total. The van der Waals surface area contributed by atoms with Crippen LogP contribution < -0.4 is 5.32 Å². The van der Waals surface area contributed by atoms with Crippen molar-refractivity contribution in [2.75, 3.05) is 32.5 Å². The van der Waals surface area contributed by atoms with Gasteiger partial charge in [-0.1, -0.05) is 49.0 Å². The first-order chi connectivity index (χ1) is 18.2. The van der Waals surface area contributed by atoms with E-state index in [4.69, 9.17) is 0 Å². The summed E-state index contributed by atoms with van der Waals surface area (Å²) in [4.78, 5) is 15.4. The Morgan fingerprint density at radius 2 is 1.71 bits per heavy atom. The molecule has 11 heteroatoms. The van der Waals surface area contributed by atoms with E-state index in [0.717, 1.165) is 30.7 Å². The molecule has 2 unspecified atom stereocenters. The van der Waals surface area contributed by atoms with Gasteiger partial charge in [-0.25, -0.2) is 8.42 Å². The van der Waals surface area contributed by atoms with Crippen LogP contribution in [0.2, 0.25) is 0 Å². The highest BCUT2D eigenvalue weighted by Gasteiger charge is 2.28. The van der Waals surface area contributed by atoms with Crippen LogP contribution in [0.1, 0.15) is 50.5 Å². The summed E-state index contributed by atoms with van der Waals surface area (Å²) in [6.07, 6.45) is 2.65. The van der Waals surface area contributed by atoms with Crippen LogP contribution >= 0.6 is 11.8 Å². The number of hydrogen-bond donors (Lipinski definition) is 1. The average molecular weight is 557 g/mol. The molecular weight excluding hydrogens is 520 g/mol. The highest BCUT2D eigenvalue weighted by Crippen LogP contribution is 2.29. The van der Waals surface area contributed by atoms with Crippen LogP contribution in [-0.4, -0.2) is 70.7 Å². The highest BCUT2D eigenvalue weighted by molar-refractivity contribution is 8.00. The van der Waals surface area contributed by atoms with Crippen LogP contribution in [0.3, 0.4) is 0 Å².